The maximum absolute atomic E-state index is 15.6. The summed E-state index contributed by atoms with van der Waals surface area (Å²) < 4.78 is 61.1. The largest absolute Gasteiger partial charge is 0.496 e. The molecule has 3 amide bonds. The molecular weight excluding hydrogens is 1000 g/mol. The van der Waals surface area contributed by atoms with Crippen LogP contribution in [0.25, 0.3) is 0 Å². The molecule has 0 radical (unpaired) electrons. The van der Waals surface area contributed by atoms with Crippen molar-refractivity contribution in [2.45, 2.75) is 83.5 Å². The minimum Gasteiger partial charge on any atom is -0.496 e. The number of methoxy groups -OCH3 is 1. The summed E-state index contributed by atoms with van der Waals surface area (Å²) in [6.07, 6.45) is 3.47. The van der Waals surface area contributed by atoms with Gasteiger partial charge in [-0.25, -0.2) is 18.4 Å². The van der Waals surface area contributed by atoms with E-state index in [0.717, 1.165) is 53.0 Å². The molecule has 3 aromatic rings. The van der Waals surface area contributed by atoms with Crippen molar-refractivity contribution >= 4 is 37.6 Å². The summed E-state index contributed by atoms with van der Waals surface area (Å²) in [4.78, 5) is 75.8. The Labute approximate surface area is 428 Å². The van der Waals surface area contributed by atoms with Crippen LogP contribution in [0.3, 0.4) is 0 Å². The Bertz CT molecular complexity index is 2370. The van der Waals surface area contributed by atoms with Crippen LogP contribution in [0.4, 0.5) is 18.4 Å². The molecule has 0 aromatic heterocycles. The second-order valence-electron chi connectivity index (χ2n) is 17.7. The normalized spacial score (nSPS) is 21.3. The number of carbonyl (C=O) groups excluding carboxylic acids is 3. The summed E-state index contributed by atoms with van der Waals surface area (Å²) in [7, 11) is 0.664. The van der Waals surface area contributed by atoms with Crippen molar-refractivity contribution in [3.05, 3.63) is 114 Å². The van der Waals surface area contributed by atoms with Gasteiger partial charge < -0.3 is 48.3 Å². The number of carbonyl (C=O) groups is 3. The SMILES string of the molecule is CC.COc1ccc(CN(C(=O)C2C(c3ccc(CCCOc4c(F)ccc(F)c4Cl)cc3)CC34CP(CNC(=O)OCCOCCO[N+](=O)[O-])CC3N(C(=O)OCCOCCO[N+](=O)[O-])C24)C2CC2)cc1C. The molecule has 20 nitrogen and oxygen atoms in total. The van der Waals surface area contributed by atoms with Gasteiger partial charge in [0.05, 0.1) is 52.1 Å². The molecule has 2 aliphatic carbocycles. The van der Waals surface area contributed by atoms with E-state index in [4.69, 9.17) is 40.0 Å². The molecule has 1 spiro atoms. The smallest absolute Gasteiger partial charge is 0.410 e. The molecule has 24 heteroatoms. The molecule has 4 fully saturated rings. The van der Waals surface area contributed by atoms with Crippen LogP contribution in [0.15, 0.2) is 54.6 Å². The van der Waals surface area contributed by atoms with Gasteiger partial charge in [-0.1, -0.05) is 69.8 Å². The zero-order chi connectivity index (χ0) is 52.7. The standard InChI is InChI=1S/C47H57ClF2N5O15P.C2H6/c1-30-24-32(7-14-38(30)63-2)26-52(34-10-11-34)44(56)40-35(33-8-5-31(6-9-33)4-3-15-66-42-37(50)13-12-36(49)41(42)48)25-47-28-71(29-51-45(57)67-20-16-64-18-22-69-54(59)60)27-39(47)53(43(40)47)46(58)68-21-17-65-19-23-70-55(61)62;1-2/h5-9,12-14,24,34-35,39-40,43H,3-4,10-11,15-23,25-29H2,1-2H3,(H,51,57);1-2H3. The fourth-order valence-electron chi connectivity index (χ4n) is 10.1. The molecule has 6 atom stereocenters. The quantitative estimate of drug-likeness (QED) is 0.0250. The highest BCUT2D eigenvalue weighted by molar-refractivity contribution is 7.58. The molecule has 6 unspecified atom stereocenters. The van der Waals surface area contributed by atoms with Gasteiger partial charge in [-0.15, -0.1) is 20.2 Å². The average Bonchev–Trinajstić information content (AvgIpc) is 4.12. The Kier molecular flexibility index (Phi) is 20.8. The lowest BCUT2D eigenvalue weighted by Crippen LogP contribution is -2.73. The minimum atomic E-state index is -0.942. The lowest BCUT2D eigenvalue weighted by molar-refractivity contribution is -0.758. The number of benzene rings is 3. The molecule has 2 saturated carbocycles. The van der Waals surface area contributed by atoms with Gasteiger partial charge in [0.25, 0.3) is 10.2 Å². The zero-order valence-corrected chi connectivity index (χ0v) is 43.0. The van der Waals surface area contributed by atoms with Crippen LogP contribution in [0, 0.1) is 50.1 Å². The van der Waals surface area contributed by atoms with Crippen molar-refractivity contribution in [3.63, 3.8) is 0 Å². The van der Waals surface area contributed by atoms with Crippen LogP contribution >= 0.6 is 19.5 Å². The van der Waals surface area contributed by atoms with Crippen molar-refractivity contribution in [2.75, 3.05) is 85.2 Å². The summed E-state index contributed by atoms with van der Waals surface area (Å²) in [6, 6.07) is 14.8. The zero-order valence-electron chi connectivity index (χ0n) is 41.3. The van der Waals surface area contributed by atoms with Gasteiger partial charge in [-0.2, -0.15) is 0 Å². The number of likely N-dealkylation sites (tertiary alicyclic amines) is 1. The summed E-state index contributed by atoms with van der Waals surface area (Å²) >= 11 is 5.95. The predicted molar refractivity (Wildman–Crippen MR) is 262 cm³/mol. The molecule has 73 heavy (non-hydrogen) atoms. The molecule has 0 bridgehead atoms. The highest BCUT2D eigenvalue weighted by Crippen LogP contribution is 2.71. The van der Waals surface area contributed by atoms with Crippen molar-refractivity contribution < 1.29 is 71.4 Å². The summed E-state index contributed by atoms with van der Waals surface area (Å²) in [6.45, 7) is 5.38. The third kappa shape index (κ3) is 14.5. The van der Waals surface area contributed by atoms with Gasteiger partial charge >= 0.3 is 12.2 Å². The van der Waals surface area contributed by atoms with E-state index in [1.807, 2.05) is 68.1 Å². The van der Waals surface area contributed by atoms with Crippen LogP contribution in [0.2, 0.25) is 5.02 Å². The van der Waals surface area contributed by atoms with Gasteiger partial charge in [0.15, 0.2) is 11.6 Å². The van der Waals surface area contributed by atoms with Gasteiger partial charge in [-0.3, -0.25) is 9.69 Å². The Morgan fingerprint density at radius 2 is 1.49 bits per heavy atom. The number of hydrogen-bond acceptors (Lipinski definition) is 15. The molecule has 4 aliphatic rings. The van der Waals surface area contributed by atoms with Crippen LogP contribution in [-0.4, -0.2) is 141 Å². The van der Waals surface area contributed by atoms with E-state index in [2.05, 4.69) is 15.0 Å². The summed E-state index contributed by atoms with van der Waals surface area (Å²) in [5.41, 5.74) is 3.23. The lowest BCUT2D eigenvalue weighted by Gasteiger charge is -2.58. The second kappa shape index (κ2) is 26.9. The number of alkyl carbamates (subject to hydrolysis) is 1. The molecule has 7 rings (SSSR count). The molecule has 400 valence electrons. The van der Waals surface area contributed by atoms with Crippen molar-refractivity contribution in [1.82, 2.24) is 15.1 Å². The number of halogens is 3. The Morgan fingerprint density at radius 1 is 0.863 bits per heavy atom. The van der Waals surface area contributed by atoms with Crippen LogP contribution in [0.5, 0.6) is 11.5 Å². The Hall–Kier alpha value is -5.83. The van der Waals surface area contributed by atoms with Crippen LogP contribution < -0.4 is 14.8 Å². The van der Waals surface area contributed by atoms with Gasteiger partial charge in [0.2, 0.25) is 5.91 Å². The third-order valence-electron chi connectivity index (χ3n) is 13.3. The maximum atomic E-state index is 15.6. The molecular formula is C49H63ClF2N5O15P. The van der Waals surface area contributed by atoms with Crippen molar-refractivity contribution in [3.8, 4) is 11.5 Å². The monoisotopic (exact) mass is 1070 g/mol. The highest BCUT2D eigenvalue weighted by Gasteiger charge is 2.74. The first-order valence-corrected chi connectivity index (χ1v) is 26.6. The third-order valence-corrected chi connectivity index (χ3v) is 16.1. The first-order valence-electron chi connectivity index (χ1n) is 24.3. The molecule has 1 N–H and O–H groups in total. The van der Waals surface area contributed by atoms with Crippen LogP contribution in [-0.2, 0) is 46.4 Å². The minimum absolute atomic E-state index is 0.000157. The van der Waals surface area contributed by atoms with Gasteiger partial charge in [0, 0.05) is 30.3 Å². The van der Waals surface area contributed by atoms with Gasteiger partial charge in [0.1, 0.15) is 43.0 Å². The fraction of sp³-hybridized carbons (Fsp3) is 0.571. The Morgan fingerprint density at radius 3 is 2.12 bits per heavy atom. The van der Waals surface area contributed by atoms with E-state index in [0.29, 0.717) is 38.1 Å². The lowest BCUT2D eigenvalue weighted by atomic mass is 9.67. The number of aryl methyl sites for hydroxylation is 2. The van der Waals surface area contributed by atoms with E-state index < -0.39 is 64.3 Å². The molecule has 2 saturated heterocycles. The maximum Gasteiger partial charge on any atom is 0.410 e. The fourth-order valence-corrected chi connectivity index (χ4v) is 13.4. The van der Waals surface area contributed by atoms with E-state index in [9.17, 15) is 38.6 Å². The Balaban J connectivity index is 0.00000429. The van der Waals surface area contributed by atoms with E-state index in [1.54, 1.807) is 12.0 Å². The second-order valence-corrected chi connectivity index (χ2v) is 20.5. The highest BCUT2D eigenvalue weighted by atomic mass is 35.5. The van der Waals surface area contributed by atoms with Crippen molar-refractivity contribution in [2.24, 2.45) is 11.3 Å². The van der Waals surface area contributed by atoms with E-state index >= 15 is 4.79 Å². The first kappa shape index (κ1) is 56.5. The summed E-state index contributed by atoms with van der Waals surface area (Å²) in [5, 5.41) is 21.5. The predicted octanol–water partition coefficient (Wildman–Crippen LogP) is 8.07. The van der Waals surface area contributed by atoms with E-state index in [-0.39, 0.29) is 95.4 Å². The number of amides is 3. The summed E-state index contributed by atoms with van der Waals surface area (Å²) in [5.74, 6) is -2.23. The van der Waals surface area contributed by atoms with Gasteiger partial charge in [-0.05, 0) is 97.7 Å². The average molecular weight is 1070 g/mol. The molecule has 2 heterocycles. The van der Waals surface area contributed by atoms with Crippen molar-refractivity contribution in [1.29, 1.82) is 0 Å². The molecule has 2 aliphatic heterocycles. The number of hydrogen-bond donors (Lipinski definition) is 1. The number of nitrogens with one attached hydrogen (secondary N) is 1. The number of ether oxygens (including phenoxy) is 6. The number of nitrogens with zero attached hydrogens (tertiary/aromatic N) is 4. The van der Waals surface area contributed by atoms with E-state index in [1.165, 1.54) is 0 Å². The first-order chi connectivity index (χ1) is 35.2. The topological polar surface area (TPSA) is 230 Å². The molecule has 3 aromatic carbocycles. The number of rotatable bonds is 27. The van der Waals surface area contributed by atoms with Crippen LogP contribution in [0.1, 0.15) is 67.7 Å².